The van der Waals surface area contributed by atoms with Gasteiger partial charge in [0, 0.05) is 28.0 Å². The third kappa shape index (κ3) is 2.90. The van der Waals surface area contributed by atoms with Crippen LogP contribution in [0.25, 0.3) is 71.7 Å². The highest BCUT2D eigenvalue weighted by Gasteiger charge is 2.21. The first-order valence-corrected chi connectivity index (χ1v) is 12.4. The van der Waals surface area contributed by atoms with Crippen LogP contribution in [0, 0.1) is 6.92 Å². The van der Waals surface area contributed by atoms with E-state index >= 15 is 0 Å². The van der Waals surface area contributed by atoms with E-state index in [1.807, 2.05) is 24.4 Å². The van der Waals surface area contributed by atoms with Gasteiger partial charge in [0.15, 0.2) is 11.5 Å². The predicted octanol–water partition coefficient (Wildman–Crippen LogP) is 8.60. The van der Waals surface area contributed by atoms with Crippen LogP contribution in [0.15, 0.2) is 114 Å². The molecule has 0 aliphatic heterocycles. The van der Waals surface area contributed by atoms with Crippen molar-refractivity contribution in [3.63, 3.8) is 0 Å². The zero-order valence-corrected chi connectivity index (χ0v) is 20.1. The Balaban J connectivity index is 1.51. The Kier molecular flexibility index (Phi) is 4.12. The smallest absolute Gasteiger partial charge is 0.178 e. The summed E-state index contributed by atoms with van der Waals surface area (Å²) in [5, 5.41) is 6.91. The highest BCUT2D eigenvalue weighted by atomic mass is 16.3. The lowest BCUT2D eigenvalue weighted by molar-refractivity contribution is 0.673. The highest BCUT2D eigenvalue weighted by molar-refractivity contribution is 6.23. The van der Waals surface area contributed by atoms with Gasteiger partial charge in [-0.05, 0) is 59.0 Å². The molecule has 4 nitrogen and oxygen atoms in total. The van der Waals surface area contributed by atoms with Crippen LogP contribution in [0.4, 0.5) is 0 Å². The van der Waals surface area contributed by atoms with Crippen molar-refractivity contribution in [2.45, 2.75) is 6.92 Å². The first kappa shape index (κ1) is 20.3. The van der Waals surface area contributed by atoms with Gasteiger partial charge in [0.2, 0.25) is 0 Å². The maximum atomic E-state index is 6.80. The van der Waals surface area contributed by atoms with E-state index in [1.165, 1.54) is 16.2 Å². The molecule has 0 saturated carbocycles. The minimum atomic E-state index is 0.717. The minimum Gasteiger partial charge on any atom is -0.455 e. The Morgan fingerprint density at radius 1 is 0.676 bits per heavy atom. The summed E-state index contributed by atoms with van der Waals surface area (Å²) in [7, 11) is 0. The third-order valence-corrected chi connectivity index (χ3v) is 7.28. The Hall–Kier alpha value is -4.96. The van der Waals surface area contributed by atoms with Gasteiger partial charge in [-0.3, -0.25) is 4.57 Å². The molecule has 0 saturated heterocycles. The molecule has 8 rings (SSSR count). The molecule has 37 heavy (non-hydrogen) atoms. The molecule has 0 aliphatic rings. The number of aromatic nitrogens is 3. The number of rotatable bonds is 2. The van der Waals surface area contributed by atoms with E-state index in [9.17, 15) is 0 Å². The van der Waals surface area contributed by atoms with Gasteiger partial charge >= 0.3 is 0 Å². The number of imidazole rings is 1. The summed E-state index contributed by atoms with van der Waals surface area (Å²) in [6.45, 7) is 2.06. The van der Waals surface area contributed by atoms with E-state index in [-0.39, 0.29) is 0 Å². The SMILES string of the molecule is Cc1cnc2nc(-c3cccc4c3oc3c4ccc4ccc5ccccc5c43)n(-c3ccccc3)c2c1. The highest BCUT2D eigenvalue weighted by Crippen LogP contribution is 2.41. The fraction of sp³-hybridized carbons (Fsp3) is 0.0303. The lowest BCUT2D eigenvalue weighted by Gasteiger charge is -2.10. The zero-order chi connectivity index (χ0) is 24.5. The maximum Gasteiger partial charge on any atom is 0.178 e. The molecule has 4 heteroatoms. The van der Waals surface area contributed by atoms with Gasteiger partial charge in [0.25, 0.3) is 0 Å². The lowest BCUT2D eigenvalue weighted by Crippen LogP contribution is -1.97. The molecule has 0 amide bonds. The molecule has 3 heterocycles. The van der Waals surface area contributed by atoms with Crippen molar-refractivity contribution in [1.29, 1.82) is 0 Å². The van der Waals surface area contributed by atoms with E-state index in [1.54, 1.807) is 0 Å². The Morgan fingerprint density at radius 2 is 1.43 bits per heavy atom. The Bertz CT molecular complexity index is 2150. The van der Waals surface area contributed by atoms with Crippen LogP contribution < -0.4 is 0 Å². The number of aryl methyl sites for hydroxylation is 1. The molecule has 0 fully saturated rings. The van der Waals surface area contributed by atoms with Gasteiger partial charge in [0.1, 0.15) is 11.2 Å². The molecule has 3 aromatic heterocycles. The summed E-state index contributed by atoms with van der Waals surface area (Å²) in [6.07, 6.45) is 1.87. The normalized spacial score (nSPS) is 11.9. The van der Waals surface area contributed by atoms with Crippen LogP contribution in [0.3, 0.4) is 0 Å². The number of para-hydroxylation sites is 2. The van der Waals surface area contributed by atoms with Crippen LogP contribution in [-0.4, -0.2) is 14.5 Å². The number of fused-ring (bicyclic) bond motifs is 8. The van der Waals surface area contributed by atoms with E-state index in [0.29, 0.717) is 5.65 Å². The molecule has 0 N–H and O–H groups in total. The fourth-order valence-electron chi connectivity index (χ4n) is 5.60. The van der Waals surface area contributed by atoms with E-state index in [2.05, 4.69) is 101 Å². The van der Waals surface area contributed by atoms with Crippen LogP contribution in [-0.2, 0) is 0 Å². The second kappa shape index (κ2) is 7.52. The standard InChI is InChI=1S/C33H21N3O/c1-20-18-28-32(34-19-20)35-33(36(28)23-9-3-2-4-10-23)27-13-7-12-25-26-17-16-22-15-14-21-8-5-6-11-24(21)29(22)31(26)37-30(25)27/h2-19H,1H3. The molecule has 0 unspecified atom stereocenters. The van der Waals surface area contributed by atoms with Crippen molar-refractivity contribution in [3.8, 4) is 17.1 Å². The van der Waals surface area contributed by atoms with E-state index in [0.717, 1.165) is 55.5 Å². The van der Waals surface area contributed by atoms with Crippen LogP contribution in [0.2, 0.25) is 0 Å². The summed E-state index contributed by atoms with van der Waals surface area (Å²) in [4.78, 5) is 9.67. The molecule has 0 bridgehead atoms. The average Bonchev–Trinajstić information content (AvgIpc) is 3.51. The first-order valence-electron chi connectivity index (χ1n) is 12.4. The maximum absolute atomic E-state index is 6.80. The van der Waals surface area contributed by atoms with Crippen LogP contribution >= 0.6 is 0 Å². The van der Waals surface area contributed by atoms with Crippen molar-refractivity contribution < 1.29 is 4.42 Å². The lowest BCUT2D eigenvalue weighted by atomic mass is 9.99. The van der Waals surface area contributed by atoms with E-state index in [4.69, 9.17) is 9.40 Å². The first-order chi connectivity index (χ1) is 18.3. The average molecular weight is 476 g/mol. The van der Waals surface area contributed by atoms with Crippen LogP contribution in [0.5, 0.6) is 0 Å². The van der Waals surface area contributed by atoms with Gasteiger partial charge in [-0.1, -0.05) is 72.8 Å². The fourth-order valence-corrected chi connectivity index (χ4v) is 5.60. The number of hydrogen-bond donors (Lipinski definition) is 0. The largest absolute Gasteiger partial charge is 0.455 e. The number of furan rings is 1. The van der Waals surface area contributed by atoms with Crippen molar-refractivity contribution in [2.75, 3.05) is 0 Å². The second-order valence-corrected chi connectivity index (χ2v) is 9.57. The Labute approximate surface area is 212 Å². The van der Waals surface area contributed by atoms with Crippen LogP contribution in [0.1, 0.15) is 5.56 Å². The second-order valence-electron chi connectivity index (χ2n) is 9.57. The topological polar surface area (TPSA) is 43.9 Å². The van der Waals surface area contributed by atoms with Gasteiger partial charge in [-0.15, -0.1) is 0 Å². The van der Waals surface area contributed by atoms with Gasteiger partial charge < -0.3 is 4.42 Å². The molecule has 0 radical (unpaired) electrons. The van der Waals surface area contributed by atoms with Crippen molar-refractivity contribution in [1.82, 2.24) is 14.5 Å². The monoisotopic (exact) mass is 475 g/mol. The molecule has 0 atom stereocenters. The zero-order valence-electron chi connectivity index (χ0n) is 20.1. The molecule has 8 aromatic rings. The number of nitrogens with zero attached hydrogens (tertiary/aromatic N) is 3. The van der Waals surface area contributed by atoms with Crippen molar-refractivity contribution in [2.24, 2.45) is 0 Å². The number of benzene rings is 5. The third-order valence-electron chi connectivity index (χ3n) is 7.28. The molecular weight excluding hydrogens is 454 g/mol. The number of hydrogen-bond acceptors (Lipinski definition) is 3. The summed E-state index contributed by atoms with van der Waals surface area (Å²) < 4.78 is 8.98. The summed E-state index contributed by atoms with van der Waals surface area (Å²) in [5.41, 5.74) is 6.52. The Morgan fingerprint density at radius 3 is 2.35 bits per heavy atom. The molecule has 174 valence electrons. The molecule has 0 aliphatic carbocycles. The predicted molar refractivity (Wildman–Crippen MR) is 151 cm³/mol. The summed E-state index contributed by atoms with van der Waals surface area (Å²) >= 11 is 0. The van der Waals surface area contributed by atoms with Gasteiger partial charge in [-0.2, -0.15) is 0 Å². The number of pyridine rings is 1. The van der Waals surface area contributed by atoms with Gasteiger partial charge in [-0.25, -0.2) is 9.97 Å². The van der Waals surface area contributed by atoms with E-state index < -0.39 is 0 Å². The molecule has 0 spiro atoms. The summed E-state index contributed by atoms with van der Waals surface area (Å²) in [5.74, 6) is 0.818. The molecule has 5 aromatic carbocycles. The van der Waals surface area contributed by atoms with Crippen molar-refractivity contribution in [3.05, 3.63) is 115 Å². The molecular formula is C33H21N3O. The van der Waals surface area contributed by atoms with Gasteiger partial charge in [0.05, 0.1) is 11.1 Å². The summed E-state index contributed by atoms with van der Waals surface area (Å²) in [6, 6.07) is 36.0. The quantitative estimate of drug-likeness (QED) is 0.235. The minimum absolute atomic E-state index is 0.717. The van der Waals surface area contributed by atoms with Crippen molar-refractivity contribution >= 4 is 54.6 Å².